The number of pyridine rings is 1. The molecule has 7 heteroatoms. The Kier molecular flexibility index (Phi) is 2.26. The average Bonchev–Trinajstić information content (AvgIpc) is 2.98. The molecule has 0 unspecified atom stereocenters. The van der Waals surface area contributed by atoms with Crippen LogP contribution in [0.4, 0.5) is 13.2 Å². The van der Waals surface area contributed by atoms with Gasteiger partial charge < -0.3 is 0 Å². The van der Waals surface area contributed by atoms with E-state index in [1.54, 1.807) is 0 Å². The predicted molar refractivity (Wildman–Crippen MR) is 57.2 cm³/mol. The molecule has 18 heavy (non-hydrogen) atoms. The van der Waals surface area contributed by atoms with Gasteiger partial charge in [-0.1, -0.05) is 0 Å². The monoisotopic (exact) mass is 257 g/mol. The normalized spacial score (nSPS) is 16.4. The number of rotatable bonds is 2. The highest BCUT2D eigenvalue weighted by atomic mass is 19.4. The molecule has 1 aliphatic rings. The first-order valence-electron chi connectivity index (χ1n) is 5.62. The second kappa shape index (κ2) is 3.60. The zero-order valence-corrected chi connectivity index (χ0v) is 9.29. The molecule has 0 bridgehead atoms. The SMILES string of the molecule is O=c1ccn2c(CC3CC3)n[nH]c2c1C(F)(F)F. The standard InChI is InChI=1S/C11H10F3N3O/c12-11(13,14)9-7(18)3-4-17-8(5-6-1-2-6)15-16-10(9)17/h3-4,6,16H,1-2,5H2. The predicted octanol–water partition coefficient (Wildman–Crippen LogP) is 1.99. The highest BCUT2D eigenvalue weighted by Crippen LogP contribution is 2.33. The van der Waals surface area contributed by atoms with Gasteiger partial charge in [0.1, 0.15) is 17.0 Å². The fourth-order valence-corrected chi connectivity index (χ4v) is 2.03. The number of hydrogen-bond acceptors (Lipinski definition) is 2. The van der Waals surface area contributed by atoms with E-state index >= 15 is 0 Å². The zero-order valence-electron chi connectivity index (χ0n) is 9.29. The lowest BCUT2D eigenvalue weighted by atomic mass is 10.2. The van der Waals surface area contributed by atoms with Crippen LogP contribution in [-0.2, 0) is 12.6 Å². The molecular formula is C11H10F3N3O. The summed E-state index contributed by atoms with van der Waals surface area (Å²) in [4.78, 5) is 11.3. The summed E-state index contributed by atoms with van der Waals surface area (Å²) in [6, 6.07) is 0.932. The molecule has 2 aromatic heterocycles. The van der Waals surface area contributed by atoms with E-state index in [1.165, 1.54) is 10.6 Å². The summed E-state index contributed by atoms with van der Waals surface area (Å²) in [5.41, 5.74) is -2.49. The molecular weight excluding hydrogens is 247 g/mol. The van der Waals surface area contributed by atoms with Crippen molar-refractivity contribution in [3.05, 3.63) is 33.9 Å². The minimum absolute atomic E-state index is 0.273. The Bertz CT molecular complexity index is 652. The molecule has 1 fully saturated rings. The summed E-state index contributed by atoms with van der Waals surface area (Å²) in [6.45, 7) is 0. The topological polar surface area (TPSA) is 50.2 Å². The smallest absolute Gasteiger partial charge is 0.289 e. The minimum Gasteiger partial charge on any atom is -0.289 e. The third kappa shape index (κ3) is 1.79. The van der Waals surface area contributed by atoms with Crippen molar-refractivity contribution in [3.63, 3.8) is 0 Å². The number of nitrogens with zero attached hydrogens (tertiary/aromatic N) is 2. The molecule has 0 aliphatic heterocycles. The van der Waals surface area contributed by atoms with Crippen LogP contribution in [0.2, 0.25) is 0 Å². The Balaban J connectivity index is 2.19. The van der Waals surface area contributed by atoms with Crippen molar-refractivity contribution in [1.29, 1.82) is 0 Å². The van der Waals surface area contributed by atoms with Crippen molar-refractivity contribution in [2.45, 2.75) is 25.4 Å². The van der Waals surface area contributed by atoms with Crippen LogP contribution in [0.5, 0.6) is 0 Å². The molecule has 0 atom stereocenters. The van der Waals surface area contributed by atoms with Crippen molar-refractivity contribution >= 4 is 5.65 Å². The van der Waals surface area contributed by atoms with Gasteiger partial charge in [-0.3, -0.25) is 14.3 Å². The van der Waals surface area contributed by atoms with Gasteiger partial charge in [0.15, 0.2) is 5.43 Å². The fraction of sp³-hybridized carbons (Fsp3) is 0.455. The summed E-state index contributed by atoms with van der Waals surface area (Å²) in [5.74, 6) is 1.04. The number of halogens is 3. The van der Waals surface area contributed by atoms with E-state index in [0.717, 1.165) is 18.9 Å². The first-order valence-corrected chi connectivity index (χ1v) is 5.62. The van der Waals surface area contributed by atoms with E-state index in [-0.39, 0.29) is 5.65 Å². The van der Waals surface area contributed by atoms with Gasteiger partial charge in [0.25, 0.3) is 0 Å². The second-order valence-corrected chi connectivity index (χ2v) is 4.56. The number of alkyl halides is 3. The Morgan fingerprint density at radius 1 is 1.44 bits per heavy atom. The number of aromatic amines is 1. The van der Waals surface area contributed by atoms with Gasteiger partial charge in [-0.2, -0.15) is 18.3 Å². The summed E-state index contributed by atoms with van der Waals surface area (Å²) < 4.78 is 39.7. The maximum absolute atomic E-state index is 12.8. The summed E-state index contributed by atoms with van der Waals surface area (Å²) in [7, 11) is 0. The minimum atomic E-state index is -4.67. The molecule has 1 N–H and O–H groups in total. The van der Waals surface area contributed by atoms with E-state index in [9.17, 15) is 18.0 Å². The van der Waals surface area contributed by atoms with Crippen LogP contribution in [0, 0.1) is 5.92 Å². The molecule has 1 aliphatic carbocycles. The van der Waals surface area contributed by atoms with Crippen LogP contribution in [0.3, 0.4) is 0 Å². The molecule has 3 rings (SSSR count). The van der Waals surface area contributed by atoms with Crippen LogP contribution in [-0.4, -0.2) is 14.6 Å². The van der Waals surface area contributed by atoms with Crippen LogP contribution in [0.15, 0.2) is 17.1 Å². The van der Waals surface area contributed by atoms with Crippen molar-refractivity contribution < 1.29 is 13.2 Å². The molecule has 0 saturated heterocycles. The quantitative estimate of drug-likeness (QED) is 0.894. The molecule has 0 radical (unpaired) electrons. The maximum atomic E-state index is 12.8. The van der Waals surface area contributed by atoms with Gasteiger partial charge in [-0.25, -0.2) is 0 Å². The van der Waals surface area contributed by atoms with E-state index < -0.39 is 17.2 Å². The van der Waals surface area contributed by atoms with Crippen LogP contribution in [0.25, 0.3) is 5.65 Å². The highest BCUT2D eigenvalue weighted by Gasteiger charge is 2.37. The lowest BCUT2D eigenvalue weighted by Gasteiger charge is -2.07. The first-order chi connectivity index (χ1) is 8.47. The first kappa shape index (κ1) is 11.3. The summed E-state index contributed by atoms with van der Waals surface area (Å²) in [6.07, 6.45) is -0.525. The Hall–Kier alpha value is -1.79. The lowest BCUT2D eigenvalue weighted by molar-refractivity contribution is -0.137. The Morgan fingerprint density at radius 2 is 2.17 bits per heavy atom. The zero-order chi connectivity index (χ0) is 12.9. The maximum Gasteiger partial charge on any atom is 0.423 e. The van der Waals surface area contributed by atoms with E-state index in [2.05, 4.69) is 10.2 Å². The van der Waals surface area contributed by atoms with Gasteiger partial charge in [0, 0.05) is 18.7 Å². The molecule has 2 heterocycles. The van der Waals surface area contributed by atoms with E-state index in [4.69, 9.17) is 0 Å². The number of nitrogens with one attached hydrogen (secondary N) is 1. The Labute approximate surface area is 99.4 Å². The van der Waals surface area contributed by atoms with Crippen molar-refractivity contribution in [1.82, 2.24) is 14.6 Å². The average molecular weight is 257 g/mol. The van der Waals surface area contributed by atoms with Gasteiger partial charge in [-0.05, 0) is 18.8 Å². The van der Waals surface area contributed by atoms with Crippen molar-refractivity contribution in [2.24, 2.45) is 5.92 Å². The van der Waals surface area contributed by atoms with Gasteiger partial charge in [-0.15, -0.1) is 0 Å². The Morgan fingerprint density at radius 3 is 2.78 bits per heavy atom. The third-order valence-electron chi connectivity index (χ3n) is 3.12. The molecule has 0 aromatic carbocycles. The van der Waals surface area contributed by atoms with E-state index in [1.807, 2.05) is 0 Å². The van der Waals surface area contributed by atoms with Crippen LogP contribution in [0.1, 0.15) is 24.2 Å². The largest absolute Gasteiger partial charge is 0.423 e. The van der Waals surface area contributed by atoms with Crippen LogP contribution < -0.4 is 5.43 Å². The number of H-pyrrole nitrogens is 1. The second-order valence-electron chi connectivity index (χ2n) is 4.56. The molecule has 0 amide bonds. The summed E-state index contributed by atoms with van der Waals surface area (Å²) >= 11 is 0. The highest BCUT2D eigenvalue weighted by molar-refractivity contribution is 5.49. The van der Waals surface area contributed by atoms with E-state index in [0.29, 0.717) is 18.2 Å². The van der Waals surface area contributed by atoms with Crippen LogP contribution >= 0.6 is 0 Å². The molecule has 1 saturated carbocycles. The molecule has 4 nitrogen and oxygen atoms in total. The van der Waals surface area contributed by atoms with Crippen molar-refractivity contribution in [3.8, 4) is 0 Å². The van der Waals surface area contributed by atoms with Gasteiger partial charge in [0.05, 0.1) is 0 Å². The number of hydrogen-bond donors (Lipinski definition) is 1. The van der Waals surface area contributed by atoms with Gasteiger partial charge in [0.2, 0.25) is 0 Å². The van der Waals surface area contributed by atoms with Crippen molar-refractivity contribution in [2.75, 3.05) is 0 Å². The molecule has 96 valence electrons. The number of fused-ring (bicyclic) bond motifs is 1. The molecule has 2 aromatic rings. The number of aromatic nitrogens is 3. The summed E-state index contributed by atoms with van der Waals surface area (Å²) in [5, 5.41) is 6.22. The third-order valence-corrected chi connectivity index (χ3v) is 3.12. The lowest BCUT2D eigenvalue weighted by Crippen LogP contribution is -2.20. The fourth-order valence-electron chi connectivity index (χ4n) is 2.03. The molecule has 0 spiro atoms. The van der Waals surface area contributed by atoms with Gasteiger partial charge >= 0.3 is 6.18 Å².